The van der Waals surface area contributed by atoms with Crippen LogP contribution >= 0.6 is 0 Å². The fourth-order valence-electron chi connectivity index (χ4n) is 2.16. The second-order valence-electron chi connectivity index (χ2n) is 4.73. The van der Waals surface area contributed by atoms with Gasteiger partial charge in [-0.1, -0.05) is 12.1 Å². The van der Waals surface area contributed by atoms with Crippen LogP contribution in [0, 0.1) is 18.6 Å². The second kappa shape index (κ2) is 6.10. The van der Waals surface area contributed by atoms with Gasteiger partial charge in [0.1, 0.15) is 11.6 Å². The lowest BCUT2D eigenvalue weighted by molar-refractivity contribution is 0.351. The van der Waals surface area contributed by atoms with Crippen molar-refractivity contribution in [1.82, 2.24) is 0 Å². The SMILES string of the molecule is COc1cc(F)c(C(N)c2ccc(C)cc2F)cc1OC. The first kappa shape index (κ1) is 15.3. The van der Waals surface area contributed by atoms with Crippen LogP contribution < -0.4 is 15.2 Å². The average Bonchev–Trinajstić information content (AvgIpc) is 2.46. The van der Waals surface area contributed by atoms with E-state index in [1.54, 1.807) is 19.1 Å². The third-order valence-electron chi connectivity index (χ3n) is 3.33. The molecule has 2 rings (SSSR count). The quantitative estimate of drug-likeness (QED) is 0.940. The van der Waals surface area contributed by atoms with E-state index in [1.165, 1.54) is 32.4 Å². The summed E-state index contributed by atoms with van der Waals surface area (Å²) >= 11 is 0. The molecule has 112 valence electrons. The number of methoxy groups -OCH3 is 2. The van der Waals surface area contributed by atoms with Gasteiger partial charge in [-0.25, -0.2) is 8.78 Å². The summed E-state index contributed by atoms with van der Waals surface area (Å²) < 4.78 is 38.3. The standard InChI is InChI=1S/C16H17F2NO2/c1-9-4-5-10(12(17)6-9)16(19)11-7-14(20-2)15(21-3)8-13(11)18/h4-8,16H,19H2,1-3H3. The monoisotopic (exact) mass is 293 g/mol. The molecule has 0 aliphatic heterocycles. The molecule has 0 radical (unpaired) electrons. The number of rotatable bonds is 4. The molecule has 0 aromatic heterocycles. The largest absolute Gasteiger partial charge is 0.493 e. The predicted octanol–water partition coefficient (Wildman–Crippen LogP) is 3.34. The molecule has 0 spiro atoms. The maximum atomic E-state index is 14.2. The summed E-state index contributed by atoms with van der Waals surface area (Å²) in [5, 5.41) is 0. The first-order valence-electron chi connectivity index (χ1n) is 6.41. The van der Waals surface area contributed by atoms with Gasteiger partial charge in [-0.05, 0) is 24.6 Å². The van der Waals surface area contributed by atoms with Gasteiger partial charge in [-0.3, -0.25) is 0 Å². The number of hydrogen-bond acceptors (Lipinski definition) is 3. The zero-order valence-corrected chi connectivity index (χ0v) is 12.1. The minimum Gasteiger partial charge on any atom is -0.493 e. The number of halogens is 2. The summed E-state index contributed by atoms with van der Waals surface area (Å²) in [7, 11) is 2.86. The fraction of sp³-hybridized carbons (Fsp3) is 0.250. The van der Waals surface area contributed by atoms with Crippen LogP contribution in [0.25, 0.3) is 0 Å². The highest BCUT2D eigenvalue weighted by Gasteiger charge is 2.20. The van der Waals surface area contributed by atoms with Gasteiger partial charge in [0.2, 0.25) is 0 Å². The van der Waals surface area contributed by atoms with E-state index in [0.717, 1.165) is 5.56 Å². The molecular formula is C16H17F2NO2. The third kappa shape index (κ3) is 2.97. The smallest absolute Gasteiger partial charge is 0.163 e. The van der Waals surface area contributed by atoms with E-state index >= 15 is 0 Å². The topological polar surface area (TPSA) is 44.5 Å². The minimum atomic E-state index is -0.926. The van der Waals surface area contributed by atoms with Gasteiger partial charge in [0.25, 0.3) is 0 Å². The lowest BCUT2D eigenvalue weighted by Crippen LogP contribution is -2.15. The predicted molar refractivity (Wildman–Crippen MR) is 76.7 cm³/mol. The Balaban J connectivity index is 2.50. The van der Waals surface area contributed by atoms with Crippen molar-refractivity contribution in [1.29, 1.82) is 0 Å². The molecule has 0 amide bonds. The Kier molecular flexibility index (Phi) is 4.43. The molecule has 0 aliphatic rings. The van der Waals surface area contributed by atoms with Gasteiger partial charge in [-0.15, -0.1) is 0 Å². The Morgan fingerprint density at radius 3 is 2.05 bits per heavy atom. The average molecular weight is 293 g/mol. The second-order valence-corrected chi connectivity index (χ2v) is 4.73. The van der Waals surface area contributed by atoms with Crippen LogP contribution in [0.4, 0.5) is 8.78 Å². The maximum absolute atomic E-state index is 14.2. The van der Waals surface area contributed by atoms with Crippen molar-refractivity contribution in [3.05, 3.63) is 58.7 Å². The van der Waals surface area contributed by atoms with E-state index < -0.39 is 17.7 Å². The maximum Gasteiger partial charge on any atom is 0.163 e. The van der Waals surface area contributed by atoms with Crippen molar-refractivity contribution in [2.24, 2.45) is 5.73 Å². The summed E-state index contributed by atoms with van der Waals surface area (Å²) in [6, 6.07) is 6.35. The summed E-state index contributed by atoms with van der Waals surface area (Å²) in [5.74, 6) is -0.427. The number of nitrogens with two attached hydrogens (primary N) is 1. The first-order valence-corrected chi connectivity index (χ1v) is 6.41. The van der Waals surface area contributed by atoms with Crippen molar-refractivity contribution in [3.8, 4) is 11.5 Å². The van der Waals surface area contributed by atoms with Gasteiger partial charge in [0, 0.05) is 17.2 Å². The van der Waals surface area contributed by atoms with Crippen molar-refractivity contribution >= 4 is 0 Å². The zero-order chi connectivity index (χ0) is 15.6. The van der Waals surface area contributed by atoms with Crippen molar-refractivity contribution < 1.29 is 18.3 Å². The van der Waals surface area contributed by atoms with Crippen LogP contribution in [0.2, 0.25) is 0 Å². The Labute approximate surface area is 122 Å². The first-order chi connectivity index (χ1) is 9.97. The van der Waals surface area contributed by atoms with Gasteiger partial charge >= 0.3 is 0 Å². The van der Waals surface area contributed by atoms with Crippen molar-refractivity contribution in [3.63, 3.8) is 0 Å². The summed E-state index contributed by atoms with van der Waals surface area (Å²) in [5.41, 5.74) is 7.16. The van der Waals surface area contributed by atoms with Crippen LogP contribution in [0.5, 0.6) is 11.5 Å². The van der Waals surface area contributed by atoms with Crippen molar-refractivity contribution in [2.75, 3.05) is 14.2 Å². The van der Waals surface area contributed by atoms with Crippen molar-refractivity contribution in [2.45, 2.75) is 13.0 Å². The zero-order valence-electron chi connectivity index (χ0n) is 12.1. The molecule has 21 heavy (non-hydrogen) atoms. The highest BCUT2D eigenvalue weighted by molar-refractivity contribution is 5.47. The number of aryl methyl sites for hydroxylation is 1. The molecule has 2 aromatic rings. The Hall–Kier alpha value is -2.14. The molecular weight excluding hydrogens is 276 g/mol. The summed E-state index contributed by atoms with van der Waals surface area (Å²) in [6.07, 6.45) is 0. The molecule has 0 heterocycles. The van der Waals surface area contributed by atoms with E-state index in [-0.39, 0.29) is 16.9 Å². The molecule has 0 saturated heterocycles. The number of ether oxygens (including phenoxy) is 2. The van der Waals surface area contributed by atoms with Gasteiger partial charge < -0.3 is 15.2 Å². The molecule has 5 heteroatoms. The molecule has 1 atom stereocenters. The van der Waals surface area contributed by atoms with E-state index in [4.69, 9.17) is 15.2 Å². The minimum absolute atomic E-state index is 0.149. The Morgan fingerprint density at radius 2 is 1.48 bits per heavy atom. The van der Waals surface area contributed by atoms with E-state index in [1.807, 2.05) is 0 Å². The molecule has 2 N–H and O–H groups in total. The molecule has 3 nitrogen and oxygen atoms in total. The number of benzene rings is 2. The van der Waals surface area contributed by atoms with Crippen LogP contribution in [-0.4, -0.2) is 14.2 Å². The Bertz CT molecular complexity index is 659. The molecule has 0 bridgehead atoms. The van der Waals surface area contributed by atoms with Crippen LogP contribution in [0.3, 0.4) is 0 Å². The van der Waals surface area contributed by atoms with E-state index in [2.05, 4.69) is 0 Å². The summed E-state index contributed by atoms with van der Waals surface area (Å²) in [6.45, 7) is 1.77. The molecule has 2 aromatic carbocycles. The van der Waals surface area contributed by atoms with E-state index in [0.29, 0.717) is 5.75 Å². The molecule has 0 aliphatic carbocycles. The normalized spacial score (nSPS) is 12.1. The van der Waals surface area contributed by atoms with Gasteiger partial charge in [0.15, 0.2) is 11.5 Å². The number of hydrogen-bond donors (Lipinski definition) is 1. The van der Waals surface area contributed by atoms with E-state index in [9.17, 15) is 8.78 Å². The van der Waals surface area contributed by atoms with Crippen LogP contribution in [0.1, 0.15) is 22.7 Å². The van der Waals surface area contributed by atoms with Gasteiger partial charge in [0.05, 0.1) is 20.3 Å². The fourth-order valence-corrected chi connectivity index (χ4v) is 2.16. The van der Waals surface area contributed by atoms with Crippen LogP contribution in [-0.2, 0) is 0 Å². The third-order valence-corrected chi connectivity index (χ3v) is 3.33. The highest BCUT2D eigenvalue weighted by atomic mass is 19.1. The lowest BCUT2D eigenvalue weighted by Gasteiger charge is -2.17. The highest BCUT2D eigenvalue weighted by Crippen LogP contribution is 2.34. The van der Waals surface area contributed by atoms with Gasteiger partial charge in [-0.2, -0.15) is 0 Å². The molecule has 1 unspecified atom stereocenters. The lowest BCUT2D eigenvalue weighted by atomic mass is 9.97. The molecule has 0 fully saturated rings. The molecule has 0 saturated carbocycles. The summed E-state index contributed by atoms with van der Waals surface area (Å²) in [4.78, 5) is 0. The Morgan fingerprint density at radius 1 is 0.905 bits per heavy atom. The van der Waals surface area contributed by atoms with Crippen LogP contribution in [0.15, 0.2) is 30.3 Å².